The molecule has 2 heterocycles. The number of carboxylic acid groups (broad SMARTS) is 2. The summed E-state index contributed by atoms with van der Waals surface area (Å²) in [5, 5.41) is 15.6. The topological polar surface area (TPSA) is 130 Å². The Labute approximate surface area is 132 Å². The van der Waals surface area contributed by atoms with Crippen LogP contribution in [0.25, 0.3) is 0 Å². The van der Waals surface area contributed by atoms with E-state index in [1.165, 1.54) is 26.2 Å². The Morgan fingerprint density at radius 1 is 1.26 bits per heavy atom. The second-order valence-corrected chi connectivity index (χ2v) is 4.61. The molecule has 23 heavy (non-hydrogen) atoms. The summed E-state index contributed by atoms with van der Waals surface area (Å²) >= 11 is 0. The van der Waals surface area contributed by atoms with Crippen LogP contribution in [0.15, 0.2) is 22.8 Å². The number of carbonyl (C=O) groups is 3. The quantitative estimate of drug-likeness (QED) is 0.595. The number of oxazole rings is 1. The molecular weight excluding hydrogens is 308 g/mol. The van der Waals surface area contributed by atoms with Gasteiger partial charge in [0, 0.05) is 12.2 Å². The molecular formula is C14H18N2O7. The van der Waals surface area contributed by atoms with Crippen LogP contribution in [0, 0.1) is 0 Å². The third kappa shape index (κ3) is 7.23. The van der Waals surface area contributed by atoms with Crippen LogP contribution in [0.4, 0.5) is 0 Å². The van der Waals surface area contributed by atoms with Gasteiger partial charge in [-0.05, 0) is 25.9 Å². The Balaban J connectivity index is 0.000000284. The minimum absolute atomic E-state index is 0.242. The Bertz CT molecular complexity index is 557. The minimum atomic E-state index is -1.26. The van der Waals surface area contributed by atoms with Gasteiger partial charge in [0.2, 0.25) is 5.89 Å². The van der Waals surface area contributed by atoms with E-state index in [0.717, 1.165) is 13.1 Å². The first-order chi connectivity index (χ1) is 10.9. The second kappa shape index (κ2) is 9.36. The summed E-state index contributed by atoms with van der Waals surface area (Å²) in [4.78, 5) is 36.5. The van der Waals surface area contributed by atoms with Gasteiger partial charge < -0.3 is 19.4 Å². The fraction of sp³-hybridized carbons (Fsp3) is 0.429. The molecule has 1 aromatic rings. The highest BCUT2D eigenvalue weighted by Gasteiger charge is 2.17. The first-order valence-corrected chi connectivity index (χ1v) is 6.81. The zero-order valence-electron chi connectivity index (χ0n) is 12.6. The average Bonchev–Trinajstić information content (AvgIpc) is 3.17. The number of likely N-dealkylation sites (tertiary alicyclic amines) is 1. The molecule has 0 aromatic carbocycles. The summed E-state index contributed by atoms with van der Waals surface area (Å²) in [5.41, 5.74) is 0.242. The number of carbonyl (C=O) groups excluding carboxylic acids is 1. The monoisotopic (exact) mass is 326 g/mol. The van der Waals surface area contributed by atoms with Gasteiger partial charge in [0.25, 0.3) is 0 Å². The lowest BCUT2D eigenvalue weighted by atomic mass is 10.4. The molecule has 0 spiro atoms. The van der Waals surface area contributed by atoms with E-state index in [4.69, 9.17) is 14.6 Å². The SMILES string of the molecule is COC(=O)c1coc(CN2CCCC2)n1.O=C(O)C=CC(=O)O. The Morgan fingerprint density at radius 3 is 2.30 bits per heavy atom. The summed E-state index contributed by atoms with van der Waals surface area (Å²) < 4.78 is 9.74. The molecule has 1 fully saturated rings. The molecule has 0 saturated carbocycles. The van der Waals surface area contributed by atoms with Crippen molar-refractivity contribution in [2.45, 2.75) is 19.4 Å². The number of hydrogen-bond donors (Lipinski definition) is 2. The molecule has 0 radical (unpaired) electrons. The van der Waals surface area contributed by atoms with E-state index in [1.807, 2.05) is 0 Å². The number of aromatic nitrogens is 1. The molecule has 0 amide bonds. The Morgan fingerprint density at radius 2 is 1.83 bits per heavy atom. The number of esters is 1. The van der Waals surface area contributed by atoms with Gasteiger partial charge in [-0.15, -0.1) is 0 Å². The molecule has 9 nitrogen and oxygen atoms in total. The summed E-state index contributed by atoms with van der Waals surface area (Å²) in [6.45, 7) is 2.84. The van der Waals surface area contributed by atoms with Gasteiger partial charge in [0.1, 0.15) is 6.26 Å². The number of hydrogen-bond acceptors (Lipinski definition) is 7. The van der Waals surface area contributed by atoms with Crippen molar-refractivity contribution in [3.63, 3.8) is 0 Å². The van der Waals surface area contributed by atoms with Crippen LogP contribution in [0.5, 0.6) is 0 Å². The molecule has 0 unspecified atom stereocenters. The van der Waals surface area contributed by atoms with Gasteiger partial charge in [-0.3, -0.25) is 4.90 Å². The molecule has 9 heteroatoms. The number of nitrogens with zero attached hydrogens (tertiary/aromatic N) is 2. The van der Waals surface area contributed by atoms with E-state index in [2.05, 4.69) is 14.6 Å². The number of rotatable bonds is 5. The predicted molar refractivity (Wildman–Crippen MR) is 76.8 cm³/mol. The van der Waals surface area contributed by atoms with Crippen molar-refractivity contribution in [1.29, 1.82) is 0 Å². The smallest absolute Gasteiger partial charge is 0.360 e. The molecule has 1 aliphatic heterocycles. The van der Waals surface area contributed by atoms with E-state index >= 15 is 0 Å². The maximum Gasteiger partial charge on any atom is 0.360 e. The molecule has 126 valence electrons. The van der Waals surface area contributed by atoms with Crippen LogP contribution in [0.1, 0.15) is 29.2 Å². The molecule has 2 rings (SSSR count). The second-order valence-electron chi connectivity index (χ2n) is 4.61. The van der Waals surface area contributed by atoms with Crippen LogP contribution in [-0.4, -0.2) is 58.2 Å². The van der Waals surface area contributed by atoms with Gasteiger partial charge in [-0.1, -0.05) is 0 Å². The summed E-state index contributed by atoms with van der Waals surface area (Å²) in [6, 6.07) is 0. The number of carboxylic acids is 2. The number of ether oxygens (including phenoxy) is 1. The van der Waals surface area contributed by atoms with Gasteiger partial charge in [-0.25, -0.2) is 19.4 Å². The van der Waals surface area contributed by atoms with Crippen molar-refractivity contribution >= 4 is 17.9 Å². The predicted octanol–water partition coefficient (Wildman–Crippen LogP) is 0.769. The maximum atomic E-state index is 11.1. The van der Waals surface area contributed by atoms with Gasteiger partial charge >= 0.3 is 17.9 Å². The third-order valence-corrected chi connectivity index (χ3v) is 2.87. The summed E-state index contributed by atoms with van der Waals surface area (Å²) in [6.07, 6.45) is 4.91. The zero-order chi connectivity index (χ0) is 17.2. The van der Waals surface area contributed by atoms with E-state index < -0.39 is 17.9 Å². The molecule has 0 aliphatic carbocycles. The van der Waals surface area contributed by atoms with Gasteiger partial charge in [0.05, 0.1) is 13.7 Å². The highest BCUT2D eigenvalue weighted by molar-refractivity contribution is 5.89. The average molecular weight is 326 g/mol. The van der Waals surface area contributed by atoms with Crippen LogP contribution < -0.4 is 0 Å². The van der Waals surface area contributed by atoms with E-state index in [1.54, 1.807) is 0 Å². The van der Waals surface area contributed by atoms with Crippen molar-refractivity contribution in [2.75, 3.05) is 20.2 Å². The molecule has 1 aromatic heterocycles. The minimum Gasteiger partial charge on any atom is -0.478 e. The highest BCUT2D eigenvalue weighted by Crippen LogP contribution is 2.12. The molecule has 1 saturated heterocycles. The lowest BCUT2D eigenvalue weighted by Crippen LogP contribution is -2.18. The van der Waals surface area contributed by atoms with Crippen LogP contribution in [0.2, 0.25) is 0 Å². The van der Waals surface area contributed by atoms with Gasteiger partial charge in [-0.2, -0.15) is 0 Å². The standard InChI is InChI=1S/C10H14N2O3.C4H4O4/c1-14-10(13)8-7-15-9(11-8)6-12-4-2-3-5-12;5-3(6)1-2-4(7)8/h7H,2-6H2,1H3;1-2H,(H,5,6)(H,7,8). The molecule has 2 N–H and O–H groups in total. The fourth-order valence-electron chi connectivity index (χ4n) is 1.86. The number of methoxy groups -OCH3 is 1. The van der Waals surface area contributed by atoms with E-state index in [0.29, 0.717) is 24.6 Å². The highest BCUT2D eigenvalue weighted by atomic mass is 16.5. The third-order valence-electron chi connectivity index (χ3n) is 2.87. The zero-order valence-corrected chi connectivity index (χ0v) is 12.6. The normalized spacial score (nSPS) is 14.3. The fourth-order valence-corrected chi connectivity index (χ4v) is 1.86. The lowest BCUT2D eigenvalue weighted by molar-refractivity contribution is -0.134. The molecule has 0 atom stereocenters. The van der Waals surface area contributed by atoms with Crippen LogP contribution >= 0.6 is 0 Å². The van der Waals surface area contributed by atoms with Gasteiger partial charge in [0.15, 0.2) is 5.69 Å². The largest absolute Gasteiger partial charge is 0.478 e. The van der Waals surface area contributed by atoms with Crippen molar-refractivity contribution in [3.8, 4) is 0 Å². The Hall–Kier alpha value is -2.68. The van der Waals surface area contributed by atoms with Crippen LogP contribution in [0.3, 0.4) is 0 Å². The van der Waals surface area contributed by atoms with E-state index in [-0.39, 0.29) is 5.69 Å². The summed E-state index contributed by atoms with van der Waals surface area (Å²) in [7, 11) is 1.33. The maximum absolute atomic E-state index is 11.1. The lowest BCUT2D eigenvalue weighted by Gasteiger charge is -2.10. The van der Waals surface area contributed by atoms with Crippen molar-refractivity contribution < 1.29 is 33.8 Å². The first kappa shape index (κ1) is 18.4. The summed E-state index contributed by atoms with van der Waals surface area (Å²) in [5.74, 6) is -2.39. The molecule has 0 bridgehead atoms. The van der Waals surface area contributed by atoms with E-state index in [9.17, 15) is 14.4 Å². The van der Waals surface area contributed by atoms with Crippen molar-refractivity contribution in [1.82, 2.24) is 9.88 Å². The number of aliphatic carboxylic acids is 2. The Kier molecular flexibility index (Phi) is 7.48. The van der Waals surface area contributed by atoms with Crippen LogP contribution in [-0.2, 0) is 20.9 Å². The molecule has 1 aliphatic rings. The first-order valence-electron chi connectivity index (χ1n) is 6.81. The van der Waals surface area contributed by atoms with Crippen molar-refractivity contribution in [3.05, 3.63) is 30.0 Å². The van der Waals surface area contributed by atoms with Crippen molar-refractivity contribution in [2.24, 2.45) is 0 Å².